The van der Waals surface area contributed by atoms with Crippen molar-refractivity contribution >= 4 is 16.0 Å². The third kappa shape index (κ3) is 4.04. The first-order valence-electron chi connectivity index (χ1n) is 10.4. The van der Waals surface area contributed by atoms with Gasteiger partial charge in [-0.15, -0.1) is 0 Å². The van der Waals surface area contributed by atoms with Crippen molar-refractivity contribution in [3.8, 4) is 22.9 Å². The molecule has 10 heteroatoms. The molecule has 3 heterocycles. The fourth-order valence-electron chi connectivity index (χ4n) is 3.85. The second-order valence-electron chi connectivity index (χ2n) is 7.59. The number of nitrogens with zero attached hydrogens (tertiary/aromatic N) is 3. The standard InChI is InChI=1S/C24H19N3O6S/c28-24(29)21-22-16(11-15-32-22)10-14-27(21)34(30,31)20-8-6-19(7-9-20)33-18-4-2-17(3-5-18)23-25-12-1-13-26-23/h1-9,11-13,15,21H,10,14H2,(H,28,29). The lowest BCUT2D eigenvalue weighted by Gasteiger charge is -2.31. The van der Waals surface area contributed by atoms with Crippen molar-refractivity contribution in [2.75, 3.05) is 6.54 Å². The maximum absolute atomic E-state index is 13.2. The van der Waals surface area contributed by atoms with Crippen LogP contribution in [0.3, 0.4) is 0 Å². The number of hydrogen-bond donors (Lipinski definition) is 1. The normalized spacial score (nSPS) is 16.1. The SMILES string of the molecule is O=C(O)C1c2occc2CCN1S(=O)(=O)c1ccc(Oc2ccc(-c3ncccn3)cc2)cc1. The van der Waals surface area contributed by atoms with Gasteiger partial charge >= 0.3 is 5.97 Å². The Morgan fingerprint density at radius 2 is 1.65 bits per heavy atom. The lowest BCUT2D eigenvalue weighted by atomic mass is 10.0. The smallest absolute Gasteiger partial charge is 0.329 e. The molecule has 0 saturated carbocycles. The van der Waals surface area contributed by atoms with E-state index in [9.17, 15) is 18.3 Å². The van der Waals surface area contributed by atoms with Gasteiger partial charge in [0.05, 0.1) is 11.2 Å². The van der Waals surface area contributed by atoms with Crippen molar-refractivity contribution in [2.45, 2.75) is 17.4 Å². The van der Waals surface area contributed by atoms with Gasteiger partial charge in [-0.3, -0.25) is 0 Å². The molecule has 1 unspecified atom stereocenters. The molecule has 0 amide bonds. The summed E-state index contributed by atoms with van der Waals surface area (Å²) in [4.78, 5) is 20.3. The highest BCUT2D eigenvalue weighted by atomic mass is 32.2. The molecule has 4 aromatic rings. The summed E-state index contributed by atoms with van der Waals surface area (Å²) in [7, 11) is -4.08. The molecule has 2 aromatic heterocycles. The Labute approximate surface area is 195 Å². The summed E-state index contributed by atoms with van der Waals surface area (Å²) >= 11 is 0. The average molecular weight is 477 g/mol. The monoisotopic (exact) mass is 477 g/mol. The van der Waals surface area contributed by atoms with Crippen LogP contribution in [0, 0.1) is 0 Å². The first-order chi connectivity index (χ1) is 16.4. The van der Waals surface area contributed by atoms with Crippen LogP contribution in [-0.4, -0.2) is 40.3 Å². The van der Waals surface area contributed by atoms with Crippen LogP contribution in [0.5, 0.6) is 11.5 Å². The maximum Gasteiger partial charge on any atom is 0.329 e. The Kier molecular flexibility index (Phi) is 5.60. The first kappa shape index (κ1) is 21.8. The zero-order valence-electron chi connectivity index (χ0n) is 17.7. The number of hydrogen-bond acceptors (Lipinski definition) is 7. The van der Waals surface area contributed by atoms with Gasteiger partial charge in [-0.25, -0.2) is 23.2 Å². The zero-order chi connectivity index (χ0) is 23.7. The second-order valence-corrected chi connectivity index (χ2v) is 9.48. The Morgan fingerprint density at radius 3 is 2.29 bits per heavy atom. The summed E-state index contributed by atoms with van der Waals surface area (Å²) < 4.78 is 38.6. The topological polar surface area (TPSA) is 123 Å². The second kappa shape index (κ2) is 8.73. The van der Waals surface area contributed by atoms with Gasteiger partial charge in [0, 0.05) is 24.5 Å². The van der Waals surface area contributed by atoms with Crippen LogP contribution in [0.25, 0.3) is 11.4 Å². The molecule has 1 N–H and O–H groups in total. The van der Waals surface area contributed by atoms with E-state index in [0.717, 1.165) is 9.87 Å². The number of sulfonamides is 1. The molecule has 1 aliphatic heterocycles. The number of aliphatic carboxylic acids is 1. The van der Waals surface area contributed by atoms with E-state index in [1.165, 1.54) is 30.5 Å². The summed E-state index contributed by atoms with van der Waals surface area (Å²) in [5, 5.41) is 9.69. The third-order valence-electron chi connectivity index (χ3n) is 5.50. The van der Waals surface area contributed by atoms with E-state index in [0.29, 0.717) is 29.3 Å². The average Bonchev–Trinajstić information content (AvgIpc) is 3.33. The van der Waals surface area contributed by atoms with Crippen LogP contribution >= 0.6 is 0 Å². The number of benzene rings is 2. The molecular formula is C24H19N3O6S. The van der Waals surface area contributed by atoms with Gasteiger partial charge < -0.3 is 14.3 Å². The van der Waals surface area contributed by atoms with Crippen LogP contribution < -0.4 is 4.74 Å². The van der Waals surface area contributed by atoms with Crippen LogP contribution in [-0.2, 0) is 21.2 Å². The number of rotatable bonds is 6. The Balaban J connectivity index is 1.34. The number of fused-ring (bicyclic) bond motifs is 1. The van der Waals surface area contributed by atoms with Gasteiger partial charge in [0.15, 0.2) is 11.9 Å². The number of ether oxygens (including phenoxy) is 1. The first-order valence-corrected chi connectivity index (χ1v) is 11.8. The molecule has 5 rings (SSSR count). The van der Waals surface area contributed by atoms with Crippen LogP contribution in [0.4, 0.5) is 0 Å². The van der Waals surface area contributed by atoms with E-state index >= 15 is 0 Å². The predicted octanol–water partition coefficient (Wildman–Crippen LogP) is 3.90. The van der Waals surface area contributed by atoms with Crippen LogP contribution in [0.2, 0.25) is 0 Å². The summed E-state index contributed by atoms with van der Waals surface area (Å²) in [5.41, 5.74) is 1.54. The number of carbonyl (C=O) groups is 1. The molecule has 172 valence electrons. The van der Waals surface area contributed by atoms with Crippen molar-refractivity contribution in [3.63, 3.8) is 0 Å². The van der Waals surface area contributed by atoms with Crippen molar-refractivity contribution in [3.05, 3.63) is 90.6 Å². The molecule has 2 aromatic carbocycles. The number of carboxylic acid groups (broad SMARTS) is 1. The molecule has 9 nitrogen and oxygen atoms in total. The largest absolute Gasteiger partial charge is 0.480 e. The highest BCUT2D eigenvalue weighted by Crippen LogP contribution is 2.35. The van der Waals surface area contributed by atoms with Gasteiger partial charge in [0.1, 0.15) is 17.3 Å². The van der Waals surface area contributed by atoms with E-state index < -0.39 is 22.0 Å². The Hall–Kier alpha value is -4.02. The van der Waals surface area contributed by atoms with Gasteiger partial charge in [-0.2, -0.15) is 4.31 Å². The molecule has 1 aliphatic rings. The molecule has 1 atom stereocenters. The Morgan fingerprint density at radius 1 is 1.00 bits per heavy atom. The molecule has 0 spiro atoms. The van der Waals surface area contributed by atoms with E-state index in [4.69, 9.17) is 9.15 Å². The Bertz CT molecular complexity index is 1420. The van der Waals surface area contributed by atoms with Gasteiger partial charge in [-0.05, 0) is 72.6 Å². The lowest BCUT2D eigenvalue weighted by molar-refractivity contribution is -0.142. The minimum absolute atomic E-state index is 0.0299. The number of aromatic nitrogens is 2. The van der Waals surface area contributed by atoms with Crippen molar-refractivity contribution in [1.82, 2.24) is 14.3 Å². The third-order valence-corrected chi connectivity index (χ3v) is 7.38. The fourth-order valence-corrected chi connectivity index (χ4v) is 5.40. The zero-order valence-corrected chi connectivity index (χ0v) is 18.6. The van der Waals surface area contributed by atoms with E-state index in [-0.39, 0.29) is 17.2 Å². The molecule has 0 aliphatic carbocycles. The van der Waals surface area contributed by atoms with Gasteiger partial charge in [0.2, 0.25) is 10.0 Å². The number of furan rings is 1. The highest BCUT2D eigenvalue weighted by molar-refractivity contribution is 7.89. The summed E-state index contributed by atoms with van der Waals surface area (Å²) in [6.45, 7) is 0.0432. The highest BCUT2D eigenvalue weighted by Gasteiger charge is 2.42. The summed E-state index contributed by atoms with van der Waals surface area (Å²) in [5.74, 6) is 0.449. The molecule has 34 heavy (non-hydrogen) atoms. The lowest BCUT2D eigenvalue weighted by Crippen LogP contribution is -2.43. The van der Waals surface area contributed by atoms with Crippen LogP contribution in [0.15, 0.2) is 88.6 Å². The maximum atomic E-state index is 13.2. The summed E-state index contributed by atoms with van der Waals surface area (Å²) in [6, 6.07) is 15.0. The van der Waals surface area contributed by atoms with Crippen molar-refractivity contribution in [2.24, 2.45) is 0 Å². The van der Waals surface area contributed by atoms with Crippen molar-refractivity contribution < 1.29 is 27.5 Å². The van der Waals surface area contributed by atoms with E-state index in [2.05, 4.69) is 9.97 Å². The molecule has 0 fully saturated rings. The van der Waals surface area contributed by atoms with Crippen molar-refractivity contribution in [1.29, 1.82) is 0 Å². The van der Waals surface area contributed by atoms with Gasteiger partial charge in [0.25, 0.3) is 0 Å². The van der Waals surface area contributed by atoms with Gasteiger partial charge in [-0.1, -0.05) is 0 Å². The number of carboxylic acids is 1. The fraction of sp³-hybridized carbons (Fsp3) is 0.125. The molecule has 0 bridgehead atoms. The summed E-state index contributed by atoms with van der Waals surface area (Å²) in [6.07, 6.45) is 5.08. The predicted molar refractivity (Wildman–Crippen MR) is 121 cm³/mol. The molecular weight excluding hydrogens is 458 g/mol. The van der Waals surface area contributed by atoms with E-state index in [1.54, 1.807) is 36.7 Å². The minimum Gasteiger partial charge on any atom is -0.480 e. The quantitative estimate of drug-likeness (QED) is 0.444. The van der Waals surface area contributed by atoms with E-state index in [1.807, 2.05) is 12.1 Å². The minimum atomic E-state index is -4.08. The van der Waals surface area contributed by atoms with Crippen LogP contribution in [0.1, 0.15) is 17.4 Å². The molecule has 0 saturated heterocycles. The molecule has 0 radical (unpaired) electrons.